The van der Waals surface area contributed by atoms with Crippen molar-refractivity contribution in [2.75, 3.05) is 6.54 Å². The molecule has 1 aliphatic heterocycles. The highest BCUT2D eigenvalue weighted by Crippen LogP contribution is 2.27. The van der Waals surface area contributed by atoms with Crippen LogP contribution in [0.15, 0.2) is 24.3 Å². The average molecular weight is 250 g/mol. The van der Waals surface area contributed by atoms with Gasteiger partial charge >= 0.3 is 0 Å². The standard InChI is InChI=1S/C14H19FN2O/c1-3-12(4-2)17-13(18)9-16-14(17)10-6-5-7-11(15)8-10/h5-8,12,14,16H,3-4,9H2,1-2H3. The maximum atomic E-state index is 13.3. The maximum Gasteiger partial charge on any atom is 0.238 e. The fraction of sp³-hybridized carbons (Fsp3) is 0.500. The molecule has 0 radical (unpaired) electrons. The molecule has 0 aromatic heterocycles. The Bertz CT molecular complexity index is 432. The molecule has 0 spiro atoms. The molecule has 1 aromatic carbocycles. The van der Waals surface area contributed by atoms with Crippen molar-refractivity contribution in [3.05, 3.63) is 35.6 Å². The molecule has 1 aliphatic rings. The predicted molar refractivity (Wildman–Crippen MR) is 68.4 cm³/mol. The fourth-order valence-corrected chi connectivity index (χ4v) is 2.57. The zero-order valence-electron chi connectivity index (χ0n) is 10.8. The summed E-state index contributed by atoms with van der Waals surface area (Å²) in [6, 6.07) is 6.66. The van der Waals surface area contributed by atoms with Crippen molar-refractivity contribution < 1.29 is 9.18 Å². The van der Waals surface area contributed by atoms with E-state index in [0.717, 1.165) is 18.4 Å². The molecule has 0 aliphatic carbocycles. The number of nitrogens with zero attached hydrogens (tertiary/aromatic N) is 1. The quantitative estimate of drug-likeness (QED) is 0.890. The van der Waals surface area contributed by atoms with Crippen LogP contribution in [0.25, 0.3) is 0 Å². The van der Waals surface area contributed by atoms with Gasteiger partial charge in [0.2, 0.25) is 5.91 Å². The lowest BCUT2D eigenvalue weighted by Gasteiger charge is -2.31. The number of hydrogen-bond donors (Lipinski definition) is 1. The van der Waals surface area contributed by atoms with Crippen molar-refractivity contribution in [2.45, 2.75) is 38.9 Å². The summed E-state index contributed by atoms with van der Waals surface area (Å²) in [4.78, 5) is 13.8. The summed E-state index contributed by atoms with van der Waals surface area (Å²) in [5, 5.41) is 3.16. The fourth-order valence-electron chi connectivity index (χ4n) is 2.57. The van der Waals surface area contributed by atoms with Crippen molar-refractivity contribution in [2.24, 2.45) is 0 Å². The molecule has 1 aromatic rings. The molecule has 1 heterocycles. The minimum atomic E-state index is -0.266. The lowest BCUT2D eigenvalue weighted by Crippen LogP contribution is -2.39. The number of amides is 1. The van der Waals surface area contributed by atoms with Gasteiger partial charge in [-0.2, -0.15) is 0 Å². The van der Waals surface area contributed by atoms with Gasteiger partial charge in [-0.25, -0.2) is 4.39 Å². The smallest absolute Gasteiger partial charge is 0.238 e. The largest absolute Gasteiger partial charge is 0.319 e. The van der Waals surface area contributed by atoms with Gasteiger partial charge in [-0.05, 0) is 30.5 Å². The van der Waals surface area contributed by atoms with Crippen LogP contribution in [-0.4, -0.2) is 23.4 Å². The van der Waals surface area contributed by atoms with Crippen LogP contribution in [0.4, 0.5) is 4.39 Å². The summed E-state index contributed by atoms with van der Waals surface area (Å²) in [5.41, 5.74) is 0.813. The van der Waals surface area contributed by atoms with E-state index in [4.69, 9.17) is 0 Å². The molecule has 1 fully saturated rings. The Hall–Kier alpha value is -1.42. The minimum Gasteiger partial charge on any atom is -0.319 e. The van der Waals surface area contributed by atoms with E-state index in [1.165, 1.54) is 12.1 Å². The van der Waals surface area contributed by atoms with Crippen molar-refractivity contribution in [3.63, 3.8) is 0 Å². The zero-order chi connectivity index (χ0) is 13.1. The summed E-state index contributed by atoms with van der Waals surface area (Å²) < 4.78 is 13.3. The molecule has 1 N–H and O–H groups in total. The van der Waals surface area contributed by atoms with Gasteiger partial charge in [-0.15, -0.1) is 0 Å². The molecule has 0 saturated carbocycles. The van der Waals surface area contributed by atoms with E-state index in [9.17, 15) is 9.18 Å². The molecule has 1 amide bonds. The maximum absolute atomic E-state index is 13.3. The highest BCUT2D eigenvalue weighted by atomic mass is 19.1. The summed E-state index contributed by atoms with van der Waals surface area (Å²) in [5.74, 6) is -0.170. The average Bonchev–Trinajstić information content (AvgIpc) is 2.74. The normalized spacial score (nSPS) is 19.9. The number of hydrogen-bond acceptors (Lipinski definition) is 2. The van der Waals surface area contributed by atoms with Crippen LogP contribution in [0.5, 0.6) is 0 Å². The molecule has 4 heteroatoms. The summed E-state index contributed by atoms with van der Waals surface area (Å²) in [7, 11) is 0. The first kappa shape index (κ1) is 13.0. The van der Waals surface area contributed by atoms with Crippen LogP contribution >= 0.6 is 0 Å². The van der Waals surface area contributed by atoms with Gasteiger partial charge in [0.05, 0.1) is 6.54 Å². The second-order valence-corrected chi connectivity index (χ2v) is 4.61. The van der Waals surface area contributed by atoms with E-state index in [-0.39, 0.29) is 23.9 Å². The summed E-state index contributed by atoms with van der Waals surface area (Å²) >= 11 is 0. The lowest BCUT2D eigenvalue weighted by atomic mass is 10.1. The third-order valence-corrected chi connectivity index (χ3v) is 3.51. The van der Waals surface area contributed by atoms with Gasteiger partial charge in [0, 0.05) is 6.04 Å². The van der Waals surface area contributed by atoms with E-state index in [0.29, 0.717) is 6.54 Å². The number of halogens is 1. The Morgan fingerprint density at radius 3 is 2.78 bits per heavy atom. The SMILES string of the molecule is CCC(CC)N1C(=O)CNC1c1cccc(F)c1. The number of carbonyl (C=O) groups is 1. The van der Waals surface area contributed by atoms with E-state index in [1.807, 2.05) is 11.0 Å². The predicted octanol–water partition coefficient (Wildman–Crippen LogP) is 2.44. The number of benzene rings is 1. The molecule has 1 unspecified atom stereocenters. The molecule has 1 atom stereocenters. The Morgan fingerprint density at radius 1 is 1.44 bits per heavy atom. The van der Waals surface area contributed by atoms with E-state index in [1.54, 1.807) is 6.07 Å². The lowest BCUT2D eigenvalue weighted by molar-refractivity contribution is -0.130. The monoisotopic (exact) mass is 250 g/mol. The van der Waals surface area contributed by atoms with Gasteiger partial charge in [0.25, 0.3) is 0 Å². The number of rotatable bonds is 4. The van der Waals surface area contributed by atoms with Crippen molar-refractivity contribution in [1.29, 1.82) is 0 Å². The minimum absolute atomic E-state index is 0.0953. The molecular formula is C14H19FN2O. The first-order valence-corrected chi connectivity index (χ1v) is 6.47. The van der Waals surface area contributed by atoms with E-state index >= 15 is 0 Å². The van der Waals surface area contributed by atoms with E-state index < -0.39 is 0 Å². The highest BCUT2D eigenvalue weighted by Gasteiger charge is 2.35. The Morgan fingerprint density at radius 2 is 2.17 bits per heavy atom. The molecule has 98 valence electrons. The first-order valence-electron chi connectivity index (χ1n) is 6.47. The van der Waals surface area contributed by atoms with Crippen molar-refractivity contribution >= 4 is 5.91 Å². The van der Waals surface area contributed by atoms with Gasteiger partial charge in [0.15, 0.2) is 0 Å². The molecular weight excluding hydrogens is 231 g/mol. The second-order valence-electron chi connectivity index (χ2n) is 4.61. The van der Waals surface area contributed by atoms with Crippen molar-refractivity contribution in [3.8, 4) is 0 Å². The molecule has 0 bridgehead atoms. The van der Waals surface area contributed by atoms with Crippen LogP contribution in [0.1, 0.15) is 38.4 Å². The van der Waals surface area contributed by atoms with E-state index in [2.05, 4.69) is 19.2 Å². The number of carbonyl (C=O) groups excluding carboxylic acids is 1. The van der Waals surface area contributed by atoms with Crippen LogP contribution in [0, 0.1) is 5.82 Å². The van der Waals surface area contributed by atoms with Gasteiger partial charge in [0.1, 0.15) is 12.0 Å². The van der Waals surface area contributed by atoms with Gasteiger partial charge < -0.3 is 4.90 Å². The number of nitrogens with one attached hydrogen (secondary N) is 1. The van der Waals surface area contributed by atoms with Crippen molar-refractivity contribution in [1.82, 2.24) is 10.2 Å². The third kappa shape index (κ3) is 2.38. The second kappa shape index (κ2) is 5.48. The van der Waals surface area contributed by atoms with Crippen LogP contribution in [0.3, 0.4) is 0 Å². The van der Waals surface area contributed by atoms with Gasteiger partial charge in [-0.1, -0.05) is 26.0 Å². The molecule has 1 saturated heterocycles. The summed E-state index contributed by atoms with van der Waals surface area (Å²) in [6.45, 7) is 4.47. The Balaban J connectivity index is 2.29. The highest BCUT2D eigenvalue weighted by molar-refractivity contribution is 5.81. The Labute approximate surface area is 107 Å². The Kier molecular flexibility index (Phi) is 3.97. The van der Waals surface area contributed by atoms with Gasteiger partial charge in [-0.3, -0.25) is 10.1 Å². The topological polar surface area (TPSA) is 32.3 Å². The molecule has 18 heavy (non-hydrogen) atoms. The van der Waals surface area contributed by atoms with Crippen LogP contribution < -0.4 is 5.32 Å². The van der Waals surface area contributed by atoms with Crippen LogP contribution in [-0.2, 0) is 4.79 Å². The molecule has 3 nitrogen and oxygen atoms in total. The first-order chi connectivity index (χ1) is 8.67. The van der Waals surface area contributed by atoms with Crippen LogP contribution in [0.2, 0.25) is 0 Å². The molecule has 2 rings (SSSR count). The zero-order valence-corrected chi connectivity index (χ0v) is 10.8. The summed E-state index contributed by atoms with van der Waals surface area (Å²) in [6.07, 6.45) is 1.63. The third-order valence-electron chi connectivity index (χ3n) is 3.51.